The summed E-state index contributed by atoms with van der Waals surface area (Å²) in [6.45, 7) is 4.44. The largest absolute Gasteiger partial charge is 0.383 e. The molecule has 1 unspecified atom stereocenters. The lowest BCUT2D eigenvalue weighted by atomic mass is 10.2. The Morgan fingerprint density at radius 1 is 1.59 bits per heavy atom. The summed E-state index contributed by atoms with van der Waals surface area (Å²) in [5.41, 5.74) is 1.32. The molecule has 1 N–H and O–H groups in total. The first-order valence-corrected chi connectivity index (χ1v) is 6.35. The van der Waals surface area contributed by atoms with Crippen molar-refractivity contribution >= 4 is 0 Å². The van der Waals surface area contributed by atoms with Crippen LogP contribution in [0, 0.1) is 0 Å². The van der Waals surface area contributed by atoms with E-state index in [1.54, 1.807) is 7.11 Å². The lowest BCUT2D eigenvalue weighted by Crippen LogP contribution is -2.22. The molecule has 2 heterocycles. The van der Waals surface area contributed by atoms with Gasteiger partial charge in [0, 0.05) is 45.2 Å². The Morgan fingerprint density at radius 3 is 3.29 bits per heavy atom. The highest BCUT2D eigenvalue weighted by atomic mass is 16.5. The SMILES string of the molecule is COCCNCc1cccn1CC1CCCO1. The molecule has 4 heteroatoms. The maximum atomic E-state index is 5.66. The van der Waals surface area contributed by atoms with Crippen molar-refractivity contribution in [2.45, 2.75) is 32.0 Å². The first kappa shape index (κ1) is 12.6. The van der Waals surface area contributed by atoms with E-state index in [-0.39, 0.29) is 0 Å². The minimum absolute atomic E-state index is 0.403. The molecule has 0 aromatic carbocycles. The summed E-state index contributed by atoms with van der Waals surface area (Å²) < 4.78 is 13.0. The first-order chi connectivity index (χ1) is 8.40. The van der Waals surface area contributed by atoms with Crippen LogP contribution in [0.3, 0.4) is 0 Å². The molecule has 0 spiro atoms. The Hall–Kier alpha value is -0.840. The standard InChI is InChI=1S/C13H22N2O2/c1-16-9-6-14-10-12-4-2-7-15(12)11-13-5-3-8-17-13/h2,4,7,13-14H,3,5-6,8-11H2,1H3. The van der Waals surface area contributed by atoms with Gasteiger partial charge in [0.15, 0.2) is 0 Å². The summed E-state index contributed by atoms with van der Waals surface area (Å²) in [6, 6.07) is 4.26. The van der Waals surface area contributed by atoms with Crippen LogP contribution in [-0.4, -0.2) is 37.5 Å². The van der Waals surface area contributed by atoms with E-state index in [9.17, 15) is 0 Å². The van der Waals surface area contributed by atoms with Gasteiger partial charge in [-0.2, -0.15) is 0 Å². The molecule has 2 rings (SSSR count). The number of hydrogen-bond donors (Lipinski definition) is 1. The second-order valence-electron chi connectivity index (χ2n) is 4.46. The van der Waals surface area contributed by atoms with Crippen LogP contribution in [0.25, 0.3) is 0 Å². The van der Waals surface area contributed by atoms with Crippen LogP contribution in [0.1, 0.15) is 18.5 Å². The molecule has 1 aromatic rings. The molecule has 0 radical (unpaired) electrons. The van der Waals surface area contributed by atoms with Gasteiger partial charge in [-0.15, -0.1) is 0 Å². The highest BCUT2D eigenvalue weighted by Crippen LogP contribution is 2.15. The maximum Gasteiger partial charge on any atom is 0.0754 e. The van der Waals surface area contributed by atoms with Crippen molar-refractivity contribution in [2.24, 2.45) is 0 Å². The molecule has 0 amide bonds. The number of nitrogens with zero attached hydrogens (tertiary/aromatic N) is 1. The summed E-state index contributed by atoms with van der Waals surface area (Å²) in [4.78, 5) is 0. The molecule has 1 aliphatic rings. The molecule has 1 aliphatic heterocycles. The van der Waals surface area contributed by atoms with Crippen molar-refractivity contribution in [1.29, 1.82) is 0 Å². The second-order valence-corrected chi connectivity index (χ2v) is 4.46. The van der Waals surface area contributed by atoms with Crippen molar-refractivity contribution in [3.8, 4) is 0 Å². The Balaban J connectivity index is 1.79. The van der Waals surface area contributed by atoms with E-state index in [0.717, 1.165) is 32.8 Å². The lowest BCUT2D eigenvalue weighted by Gasteiger charge is -2.14. The Morgan fingerprint density at radius 2 is 2.53 bits per heavy atom. The minimum Gasteiger partial charge on any atom is -0.383 e. The van der Waals surface area contributed by atoms with Gasteiger partial charge in [0.1, 0.15) is 0 Å². The van der Waals surface area contributed by atoms with Crippen molar-refractivity contribution in [3.05, 3.63) is 24.0 Å². The predicted octanol–water partition coefficient (Wildman–Crippen LogP) is 1.40. The van der Waals surface area contributed by atoms with Crippen molar-refractivity contribution in [2.75, 3.05) is 26.9 Å². The van der Waals surface area contributed by atoms with E-state index in [1.165, 1.54) is 18.5 Å². The number of aromatic nitrogens is 1. The van der Waals surface area contributed by atoms with Gasteiger partial charge in [-0.05, 0) is 25.0 Å². The summed E-state index contributed by atoms with van der Waals surface area (Å²) in [5, 5.41) is 3.37. The third-order valence-corrected chi connectivity index (χ3v) is 3.14. The summed E-state index contributed by atoms with van der Waals surface area (Å²) in [5.74, 6) is 0. The van der Waals surface area contributed by atoms with Crippen LogP contribution >= 0.6 is 0 Å². The molecule has 1 atom stereocenters. The van der Waals surface area contributed by atoms with E-state index in [1.807, 2.05) is 0 Å². The molecule has 0 bridgehead atoms. The molecule has 0 saturated carbocycles. The van der Waals surface area contributed by atoms with E-state index >= 15 is 0 Å². The monoisotopic (exact) mass is 238 g/mol. The van der Waals surface area contributed by atoms with Gasteiger partial charge in [-0.25, -0.2) is 0 Å². The molecule has 4 nitrogen and oxygen atoms in total. The van der Waals surface area contributed by atoms with Gasteiger partial charge in [0.25, 0.3) is 0 Å². The topological polar surface area (TPSA) is 35.4 Å². The van der Waals surface area contributed by atoms with E-state index in [0.29, 0.717) is 6.10 Å². The van der Waals surface area contributed by atoms with Gasteiger partial charge >= 0.3 is 0 Å². The molecule has 1 fully saturated rings. The van der Waals surface area contributed by atoms with E-state index in [2.05, 4.69) is 28.2 Å². The average molecular weight is 238 g/mol. The van der Waals surface area contributed by atoms with Crippen LogP contribution < -0.4 is 5.32 Å². The number of rotatable bonds is 7. The molecular weight excluding hydrogens is 216 g/mol. The Bertz CT molecular complexity index is 319. The zero-order chi connectivity index (χ0) is 11.9. The number of ether oxygens (including phenoxy) is 2. The Labute approximate surface area is 103 Å². The molecule has 1 saturated heterocycles. The third-order valence-electron chi connectivity index (χ3n) is 3.14. The predicted molar refractivity (Wildman–Crippen MR) is 67.0 cm³/mol. The average Bonchev–Trinajstić information content (AvgIpc) is 2.97. The fourth-order valence-corrected chi connectivity index (χ4v) is 2.19. The molecule has 96 valence electrons. The number of hydrogen-bond acceptors (Lipinski definition) is 3. The molecular formula is C13H22N2O2. The van der Waals surface area contributed by atoms with Gasteiger partial charge in [-0.3, -0.25) is 0 Å². The summed E-state index contributed by atoms with van der Waals surface area (Å²) >= 11 is 0. The maximum absolute atomic E-state index is 5.66. The number of methoxy groups -OCH3 is 1. The van der Waals surface area contributed by atoms with Gasteiger partial charge in [0.2, 0.25) is 0 Å². The van der Waals surface area contributed by atoms with Crippen molar-refractivity contribution in [3.63, 3.8) is 0 Å². The fourth-order valence-electron chi connectivity index (χ4n) is 2.19. The smallest absolute Gasteiger partial charge is 0.0754 e. The normalized spacial score (nSPS) is 19.9. The van der Waals surface area contributed by atoms with Gasteiger partial charge in [-0.1, -0.05) is 0 Å². The summed E-state index contributed by atoms with van der Waals surface area (Å²) in [6.07, 6.45) is 4.93. The quantitative estimate of drug-likeness (QED) is 0.729. The van der Waals surface area contributed by atoms with E-state index in [4.69, 9.17) is 9.47 Å². The minimum atomic E-state index is 0.403. The second kappa shape index (κ2) is 6.79. The highest BCUT2D eigenvalue weighted by Gasteiger charge is 2.16. The zero-order valence-electron chi connectivity index (χ0n) is 10.5. The van der Waals surface area contributed by atoms with E-state index < -0.39 is 0 Å². The molecule has 17 heavy (non-hydrogen) atoms. The molecule has 1 aromatic heterocycles. The van der Waals surface area contributed by atoms with Crippen molar-refractivity contribution in [1.82, 2.24) is 9.88 Å². The van der Waals surface area contributed by atoms with Gasteiger partial charge in [0.05, 0.1) is 12.7 Å². The highest BCUT2D eigenvalue weighted by molar-refractivity contribution is 5.07. The Kier molecular flexibility index (Phi) is 5.04. The van der Waals surface area contributed by atoms with Crippen LogP contribution in [0.4, 0.5) is 0 Å². The zero-order valence-corrected chi connectivity index (χ0v) is 10.5. The lowest BCUT2D eigenvalue weighted by molar-refractivity contribution is 0.0963. The van der Waals surface area contributed by atoms with Crippen LogP contribution in [0.2, 0.25) is 0 Å². The fraction of sp³-hybridized carbons (Fsp3) is 0.692. The van der Waals surface area contributed by atoms with Crippen molar-refractivity contribution < 1.29 is 9.47 Å². The number of nitrogens with one attached hydrogen (secondary N) is 1. The van der Waals surface area contributed by atoms with Crippen LogP contribution in [0.5, 0.6) is 0 Å². The first-order valence-electron chi connectivity index (χ1n) is 6.35. The van der Waals surface area contributed by atoms with Gasteiger partial charge < -0.3 is 19.4 Å². The van der Waals surface area contributed by atoms with Crippen LogP contribution in [0.15, 0.2) is 18.3 Å². The molecule has 0 aliphatic carbocycles. The van der Waals surface area contributed by atoms with Crippen LogP contribution in [-0.2, 0) is 22.6 Å². The third kappa shape index (κ3) is 3.84. The summed E-state index contributed by atoms with van der Waals surface area (Å²) in [7, 11) is 1.72.